The fourth-order valence-electron chi connectivity index (χ4n) is 3.88. The highest BCUT2D eigenvalue weighted by atomic mass is 32.2. The molecule has 2 amide bonds. The van der Waals surface area contributed by atoms with E-state index in [2.05, 4.69) is 19.8 Å². The number of aliphatic hydroxyl groups excluding tert-OH is 1. The van der Waals surface area contributed by atoms with Gasteiger partial charge in [-0.2, -0.15) is 9.36 Å². The molecule has 0 spiro atoms. The Labute approximate surface area is 218 Å². The Hall–Kier alpha value is -3.70. The van der Waals surface area contributed by atoms with Crippen LogP contribution in [0.5, 0.6) is 0 Å². The van der Waals surface area contributed by atoms with Gasteiger partial charge in [0.25, 0.3) is 11.8 Å². The topological polar surface area (TPSA) is 218 Å². The van der Waals surface area contributed by atoms with Crippen LogP contribution in [0.4, 0.5) is 10.9 Å². The highest BCUT2D eigenvalue weighted by Gasteiger charge is 2.53. The van der Waals surface area contributed by atoms with Crippen LogP contribution in [0.3, 0.4) is 0 Å². The molecule has 2 aliphatic heterocycles. The van der Waals surface area contributed by atoms with E-state index in [0.717, 1.165) is 16.4 Å². The number of amides is 2. The SMILES string of the molecule is CCCON=C(C(=O)N[C@@H]1C(=O)N2C(C(=O)[O-])=C(C[n+]3ccc(N)n3CCO)CS[C@H]12)c1nsc(N)n1. The van der Waals surface area contributed by atoms with Gasteiger partial charge in [0.05, 0.1) is 24.3 Å². The first kappa shape index (κ1) is 26.4. The van der Waals surface area contributed by atoms with E-state index in [9.17, 15) is 24.6 Å². The molecule has 0 radical (unpaired) electrons. The third-order valence-corrected chi connectivity index (χ3v) is 7.42. The van der Waals surface area contributed by atoms with Crippen LogP contribution in [0, 0.1) is 0 Å². The van der Waals surface area contributed by atoms with Gasteiger partial charge in [0.2, 0.25) is 11.5 Å². The standard InChI is InChI=1S/C20H25N9O6S2/c1-2-7-35-25-12(15-24-20(22)37-26-15)16(31)23-13-17(32)29-14(19(33)34)10(9-36-18(13)29)8-27-4-3-11(21)28(27)5-6-30/h3-4,13,18,21,30H,2,5-9H2,1H3,(H4,22,23,24,26,31,33,34)/t13-,18-/m1/s1. The molecule has 4 heterocycles. The number of oxime groups is 1. The van der Waals surface area contributed by atoms with Crippen LogP contribution < -0.4 is 26.6 Å². The first-order valence-electron chi connectivity index (χ1n) is 11.2. The number of nitrogens with zero attached hydrogens (tertiary/aromatic N) is 6. The predicted molar refractivity (Wildman–Crippen MR) is 130 cm³/mol. The molecule has 4 rings (SSSR count). The predicted octanol–water partition coefficient (Wildman–Crippen LogP) is -2.98. The molecule has 0 aliphatic carbocycles. The summed E-state index contributed by atoms with van der Waals surface area (Å²) in [6.45, 7) is 2.28. The summed E-state index contributed by atoms with van der Waals surface area (Å²) in [5, 5.41) is 27.2. The molecule has 17 heteroatoms. The van der Waals surface area contributed by atoms with Gasteiger partial charge in [-0.3, -0.25) is 14.5 Å². The lowest BCUT2D eigenvalue weighted by atomic mass is 10.0. The molecule has 1 saturated heterocycles. The summed E-state index contributed by atoms with van der Waals surface area (Å²) in [6, 6.07) is 0.615. The first-order chi connectivity index (χ1) is 17.8. The van der Waals surface area contributed by atoms with Crippen molar-refractivity contribution < 1.29 is 34.1 Å². The summed E-state index contributed by atoms with van der Waals surface area (Å²) in [5.41, 5.74) is 11.5. The summed E-state index contributed by atoms with van der Waals surface area (Å²) in [4.78, 5) is 48.3. The Morgan fingerprint density at radius 3 is 2.86 bits per heavy atom. The van der Waals surface area contributed by atoms with Gasteiger partial charge in [-0.25, -0.2) is 0 Å². The van der Waals surface area contributed by atoms with E-state index in [0.29, 0.717) is 17.8 Å². The van der Waals surface area contributed by atoms with Crippen molar-refractivity contribution in [2.45, 2.75) is 37.8 Å². The number of aromatic nitrogens is 4. The maximum atomic E-state index is 13.0. The Kier molecular flexibility index (Phi) is 7.94. The number of carboxylic acids is 1. The number of aliphatic hydroxyl groups is 1. The lowest BCUT2D eigenvalue weighted by Crippen LogP contribution is -2.71. The maximum Gasteiger partial charge on any atom is 0.278 e. The molecule has 0 aromatic carbocycles. The van der Waals surface area contributed by atoms with Crippen LogP contribution in [-0.4, -0.2) is 77.9 Å². The van der Waals surface area contributed by atoms with E-state index in [1.807, 2.05) is 6.92 Å². The van der Waals surface area contributed by atoms with Crippen LogP contribution in [-0.2, 0) is 32.3 Å². The molecule has 2 aromatic rings. The second-order valence-electron chi connectivity index (χ2n) is 8.01. The minimum Gasteiger partial charge on any atom is -0.543 e. The van der Waals surface area contributed by atoms with Crippen LogP contribution in [0.15, 0.2) is 28.7 Å². The average molecular weight is 552 g/mol. The number of thioether (sulfide) groups is 1. The molecule has 6 N–H and O–H groups in total. The zero-order valence-corrected chi connectivity index (χ0v) is 21.3. The van der Waals surface area contributed by atoms with Crippen molar-refractivity contribution in [3.63, 3.8) is 0 Å². The Balaban J connectivity index is 1.53. The molecule has 2 atom stereocenters. The number of hydrogen-bond acceptors (Lipinski definition) is 13. The number of nitrogen functional groups attached to an aromatic ring is 2. The van der Waals surface area contributed by atoms with Crippen molar-refractivity contribution in [2.75, 3.05) is 30.4 Å². The van der Waals surface area contributed by atoms with Crippen molar-refractivity contribution in [2.24, 2.45) is 5.16 Å². The summed E-state index contributed by atoms with van der Waals surface area (Å²) >= 11 is 2.17. The number of carbonyl (C=O) groups is 3. The van der Waals surface area contributed by atoms with E-state index < -0.39 is 29.2 Å². The molecule has 15 nitrogen and oxygen atoms in total. The monoisotopic (exact) mass is 551 g/mol. The minimum atomic E-state index is -1.51. The average Bonchev–Trinajstić information content (AvgIpc) is 3.45. The molecular weight excluding hydrogens is 526 g/mol. The number of aliphatic carboxylic acids is 1. The number of fused-ring (bicyclic) bond motifs is 1. The number of hydrogen-bond donors (Lipinski definition) is 4. The largest absolute Gasteiger partial charge is 0.543 e. The van der Waals surface area contributed by atoms with E-state index in [4.69, 9.17) is 16.3 Å². The Morgan fingerprint density at radius 1 is 1.43 bits per heavy atom. The number of carboxylic acid groups (broad SMARTS) is 1. The third kappa shape index (κ3) is 5.23. The molecule has 1 fully saturated rings. The third-order valence-electron chi connectivity index (χ3n) is 5.54. The molecule has 0 unspecified atom stereocenters. The van der Waals surface area contributed by atoms with E-state index >= 15 is 0 Å². The van der Waals surface area contributed by atoms with Gasteiger partial charge in [0.1, 0.15) is 24.6 Å². The number of β-lactam (4-membered cyclic amide) rings is 1. The molecular formula is C20H25N9O6S2. The second kappa shape index (κ2) is 11.1. The molecule has 198 valence electrons. The van der Waals surface area contributed by atoms with E-state index in [1.54, 1.807) is 21.6 Å². The molecule has 0 bridgehead atoms. The summed E-state index contributed by atoms with van der Waals surface area (Å²) in [5.74, 6) is -2.28. The highest BCUT2D eigenvalue weighted by Crippen LogP contribution is 2.40. The quantitative estimate of drug-likeness (QED) is 0.0726. The van der Waals surface area contributed by atoms with Crippen LogP contribution in [0.2, 0.25) is 0 Å². The Bertz CT molecular complexity index is 1270. The summed E-state index contributed by atoms with van der Waals surface area (Å²) in [7, 11) is 0. The first-order valence-corrected chi connectivity index (χ1v) is 13.0. The van der Waals surface area contributed by atoms with Crippen molar-refractivity contribution in [1.82, 2.24) is 24.3 Å². The summed E-state index contributed by atoms with van der Waals surface area (Å²) < 4.78 is 7.23. The zero-order valence-electron chi connectivity index (χ0n) is 19.7. The van der Waals surface area contributed by atoms with Gasteiger partial charge in [-0.05, 0) is 6.42 Å². The van der Waals surface area contributed by atoms with E-state index in [-0.39, 0.29) is 54.4 Å². The number of rotatable bonds is 11. The number of carbonyl (C=O) groups excluding carboxylic acids is 3. The van der Waals surface area contributed by atoms with Crippen LogP contribution in [0.1, 0.15) is 19.2 Å². The molecule has 37 heavy (non-hydrogen) atoms. The van der Waals surface area contributed by atoms with Crippen LogP contribution in [0.25, 0.3) is 0 Å². The van der Waals surface area contributed by atoms with Crippen molar-refractivity contribution in [1.29, 1.82) is 0 Å². The molecule has 2 aliphatic rings. The van der Waals surface area contributed by atoms with Gasteiger partial charge in [0.15, 0.2) is 23.7 Å². The second-order valence-corrected chi connectivity index (χ2v) is 9.90. The van der Waals surface area contributed by atoms with E-state index in [1.165, 1.54) is 11.8 Å². The minimum absolute atomic E-state index is 0.0455. The van der Waals surface area contributed by atoms with Gasteiger partial charge in [-0.1, -0.05) is 12.1 Å². The number of nitrogens with two attached hydrogens (primary N) is 2. The van der Waals surface area contributed by atoms with Gasteiger partial charge < -0.3 is 36.6 Å². The van der Waals surface area contributed by atoms with Gasteiger partial charge in [0, 0.05) is 22.9 Å². The fourth-order valence-corrected chi connectivity index (χ4v) is 5.65. The zero-order chi connectivity index (χ0) is 26.7. The molecule has 0 saturated carbocycles. The lowest BCUT2D eigenvalue weighted by Gasteiger charge is -2.50. The Morgan fingerprint density at radius 2 is 2.22 bits per heavy atom. The number of nitrogens with one attached hydrogen (secondary N) is 1. The maximum absolute atomic E-state index is 13.0. The van der Waals surface area contributed by atoms with Gasteiger partial charge in [-0.15, -0.1) is 21.1 Å². The highest BCUT2D eigenvalue weighted by molar-refractivity contribution is 8.00. The molecule has 2 aromatic heterocycles. The number of anilines is 2. The summed E-state index contributed by atoms with van der Waals surface area (Å²) in [6.07, 6.45) is 2.30. The van der Waals surface area contributed by atoms with Gasteiger partial charge >= 0.3 is 0 Å². The van der Waals surface area contributed by atoms with Crippen molar-refractivity contribution >= 4 is 57.7 Å². The van der Waals surface area contributed by atoms with Crippen molar-refractivity contribution in [3.8, 4) is 0 Å². The fraction of sp³-hybridized carbons (Fsp3) is 0.450. The van der Waals surface area contributed by atoms with Crippen LogP contribution >= 0.6 is 23.3 Å². The van der Waals surface area contributed by atoms with Crippen molar-refractivity contribution in [3.05, 3.63) is 29.4 Å². The lowest BCUT2D eigenvalue weighted by molar-refractivity contribution is -0.767. The smallest absolute Gasteiger partial charge is 0.278 e. The normalized spacial score (nSPS) is 19.5.